The largest absolute Gasteiger partial charge is 0.639 e. The Morgan fingerprint density at radius 1 is 1.25 bits per heavy atom. The number of likely N-dealkylation sites (N-methyl/N-ethyl adjacent to an activating group) is 1. The highest BCUT2D eigenvalue weighted by Crippen LogP contribution is 2.08. The molecule has 7 heteroatoms. The molecule has 0 aliphatic rings. The van der Waals surface area contributed by atoms with Crippen LogP contribution in [0.4, 0.5) is 12.9 Å². The van der Waals surface area contributed by atoms with Crippen molar-refractivity contribution in [1.29, 1.82) is 0 Å². The molecule has 0 heterocycles. The fourth-order valence-corrected chi connectivity index (χ4v) is 0.431. The Balaban J connectivity index is 3.12. The van der Waals surface area contributed by atoms with E-state index in [4.69, 9.17) is 0 Å². The predicted molar refractivity (Wildman–Crippen MR) is 39.5 cm³/mol. The van der Waals surface area contributed by atoms with Crippen molar-refractivity contribution < 1.29 is 22.3 Å². The summed E-state index contributed by atoms with van der Waals surface area (Å²) in [6.07, 6.45) is 0. The first-order valence-corrected chi connectivity index (χ1v) is 3.47. The Bertz CT molecular complexity index is 120. The van der Waals surface area contributed by atoms with Gasteiger partial charge in [0.15, 0.2) is 0 Å². The second-order valence-electron chi connectivity index (χ2n) is 2.51. The lowest BCUT2D eigenvalue weighted by molar-refractivity contribution is -0.0217. The minimum atomic E-state index is -5.17. The molecule has 0 bridgehead atoms. The number of hydrogen-bond donors (Lipinski definition) is 0. The second-order valence-corrected chi connectivity index (χ2v) is 2.51. The summed E-state index contributed by atoms with van der Waals surface area (Å²) in [4.78, 5) is 1.80. The Morgan fingerprint density at radius 2 is 1.83 bits per heavy atom. The van der Waals surface area contributed by atoms with Crippen molar-refractivity contribution in [1.82, 2.24) is 4.90 Å². The molecule has 0 atom stereocenters. The van der Waals surface area contributed by atoms with Crippen LogP contribution in [-0.4, -0.2) is 46.1 Å². The van der Waals surface area contributed by atoms with Crippen molar-refractivity contribution in [2.45, 2.75) is 0 Å². The molecule has 0 aromatic heterocycles. The lowest BCUT2D eigenvalue weighted by Crippen LogP contribution is -2.24. The summed E-state index contributed by atoms with van der Waals surface area (Å²) in [6, 6.07) is 0. The first kappa shape index (κ1) is 11.7. The summed E-state index contributed by atoms with van der Waals surface area (Å²) >= 11 is 0. The second kappa shape index (κ2) is 5.39. The van der Waals surface area contributed by atoms with Crippen LogP contribution in [0.5, 0.6) is 0 Å². The number of ether oxygens (including phenoxy) is 1. The van der Waals surface area contributed by atoms with E-state index in [1.54, 1.807) is 19.0 Å². The molecular formula is C5H12BF3NO2-. The molecule has 0 aromatic carbocycles. The minimum absolute atomic E-state index is 0.235. The third-order valence-electron chi connectivity index (χ3n) is 1.02. The fourth-order valence-electron chi connectivity index (χ4n) is 0.431. The quantitative estimate of drug-likeness (QED) is 0.349. The van der Waals surface area contributed by atoms with Crippen LogP contribution in [0.2, 0.25) is 0 Å². The van der Waals surface area contributed by atoms with E-state index < -0.39 is 14.0 Å². The summed E-state index contributed by atoms with van der Waals surface area (Å²) < 4.78 is 42.2. The zero-order valence-corrected chi connectivity index (χ0v) is 7.10. The lowest BCUT2D eigenvalue weighted by atomic mass is 10.3. The highest BCUT2D eigenvalue weighted by Gasteiger charge is 2.24. The van der Waals surface area contributed by atoms with Gasteiger partial charge in [-0.15, -0.1) is 0 Å². The Morgan fingerprint density at radius 3 is 2.25 bits per heavy atom. The van der Waals surface area contributed by atoms with Gasteiger partial charge in [0.25, 0.3) is 0 Å². The molecule has 0 spiro atoms. The van der Waals surface area contributed by atoms with E-state index in [1.165, 1.54) is 0 Å². The molecule has 0 radical (unpaired) electrons. The molecule has 0 unspecified atom stereocenters. The molecule has 0 saturated carbocycles. The molecule has 0 aliphatic carbocycles. The topological polar surface area (TPSA) is 21.7 Å². The molecule has 0 rings (SSSR count). The summed E-state index contributed by atoms with van der Waals surface area (Å²) in [6.45, 7) is 0.102. The van der Waals surface area contributed by atoms with Crippen molar-refractivity contribution in [3.05, 3.63) is 0 Å². The summed E-state index contributed by atoms with van der Waals surface area (Å²) in [5.41, 5.74) is 0. The number of rotatable bonds is 6. The van der Waals surface area contributed by atoms with Gasteiger partial charge in [0.05, 0.1) is 6.61 Å². The maximum atomic E-state index is 11.4. The van der Waals surface area contributed by atoms with Crippen LogP contribution in [0.15, 0.2) is 0 Å². The van der Waals surface area contributed by atoms with E-state index in [2.05, 4.69) is 9.39 Å². The third-order valence-corrected chi connectivity index (χ3v) is 1.02. The van der Waals surface area contributed by atoms with Gasteiger partial charge in [-0.1, -0.05) is 0 Å². The van der Waals surface area contributed by atoms with E-state index >= 15 is 0 Å². The number of halogens is 3. The van der Waals surface area contributed by atoms with Crippen molar-refractivity contribution in [3.63, 3.8) is 0 Å². The first-order chi connectivity index (χ1) is 5.42. The van der Waals surface area contributed by atoms with Crippen LogP contribution in [0.1, 0.15) is 0 Å². The van der Waals surface area contributed by atoms with Gasteiger partial charge < -0.3 is 27.2 Å². The van der Waals surface area contributed by atoms with Gasteiger partial charge in [-0.25, -0.2) is 0 Å². The van der Waals surface area contributed by atoms with Gasteiger partial charge >= 0.3 is 7.18 Å². The van der Waals surface area contributed by atoms with Crippen molar-refractivity contribution in [3.8, 4) is 0 Å². The monoisotopic (exact) mass is 186 g/mol. The predicted octanol–water partition coefficient (Wildman–Crippen LogP) is 0.883. The lowest BCUT2D eigenvalue weighted by Gasteiger charge is -2.16. The van der Waals surface area contributed by atoms with E-state index in [-0.39, 0.29) is 6.61 Å². The first-order valence-electron chi connectivity index (χ1n) is 3.47. The maximum absolute atomic E-state index is 11.4. The van der Waals surface area contributed by atoms with Gasteiger partial charge in [0.1, 0.15) is 6.79 Å². The Kier molecular flexibility index (Phi) is 5.27. The smallest absolute Gasteiger partial charge is 0.487 e. The van der Waals surface area contributed by atoms with Gasteiger partial charge in [-0.3, -0.25) is 0 Å². The van der Waals surface area contributed by atoms with E-state index in [9.17, 15) is 12.9 Å². The van der Waals surface area contributed by atoms with Crippen LogP contribution in [0.25, 0.3) is 0 Å². The van der Waals surface area contributed by atoms with Gasteiger partial charge in [-0.2, -0.15) is 0 Å². The molecular weight excluding hydrogens is 174 g/mol. The molecule has 0 fully saturated rings. The summed E-state index contributed by atoms with van der Waals surface area (Å²) in [5, 5.41) is 0. The fraction of sp³-hybridized carbons (Fsp3) is 1.00. The molecule has 0 aromatic rings. The Hall–Kier alpha value is -0.265. The average molecular weight is 186 g/mol. The average Bonchev–Trinajstić information content (AvgIpc) is 1.83. The van der Waals surface area contributed by atoms with Crippen molar-refractivity contribution >= 4 is 7.18 Å². The molecule has 3 nitrogen and oxygen atoms in total. The molecule has 0 saturated heterocycles. The van der Waals surface area contributed by atoms with Crippen LogP contribution in [-0.2, 0) is 9.39 Å². The summed E-state index contributed by atoms with van der Waals surface area (Å²) in [7, 11) is -1.57. The number of nitrogens with zero attached hydrogens (tertiary/aromatic N) is 1. The summed E-state index contributed by atoms with van der Waals surface area (Å²) in [5.74, 6) is 0. The third kappa shape index (κ3) is 9.73. The number of hydrogen-bond acceptors (Lipinski definition) is 3. The van der Waals surface area contributed by atoms with Crippen LogP contribution in [0, 0.1) is 0 Å². The van der Waals surface area contributed by atoms with E-state index in [1.807, 2.05) is 0 Å². The highest BCUT2D eigenvalue weighted by molar-refractivity contribution is 6.51. The van der Waals surface area contributed by atoms with E-state index in [0.29, 0.717) is 6.54 Å². The maximum Gasteiger partial charge on any atom is 0.639 e. The molecule has 0 aliphatic heterocycles. The zero-order valence-electron chi connectivity index (χ0n) is 7.10. The van der Waals surface area contributed by atoms with Crippen LogP contribution >= 0.6 is 0 Å². The van der Waals surface area contributed by atoms with Gasteiger partial charge in [-0.05, 0) is 14.1 Å². The molecule has 0 amide bonds. The highest BCUT2D eigenvalue weighted by atomic mass is 19.4. The van der Waals surface area contributed by atoms with Crippen molar-refractivity contribution in [2.24, 2.45) is 0 Å². The SMILES string of the molecule is CN(C)CCOCO[B-](F)(F)F. The standard InChI is InChI=1S/C5H12BF3NO2/c1-10(2)3-4-11-5-12-6(7,8)9/h3-5H2,1-2H3/q-1. The molecule has 12 heavy (non-hydrogen) atoms. The van der Waals surface area contributed by atoms with E-state index in [0.717, 1.165) is 0 Å². The molecule has 74 valence electrons. The van der Waals surface area contributed by atoms with Crippen LogP contribution in [0.3, 0.4) is 0 Å². The van der Waals surface area contributed by atoms with Crippen molar-refractivity contribution in [2.75, 3.05) is 34.0 Å². The normalized spacial score (nSPS) is 12.5. The minimum Gasteiger partial charge on any atom is -0.487 e. The van der Waals surface area contributed by atoms with Gasteiger partial charge in [0, 0.05) is 6.54 Å². The zero-order chi connectivity index (χ0) is 9.61. The van der Waals surface area contributed by atoms with Crippen LogP contribution < -0.4 is 0 Å². The molecule has 0 N–H and O–H groups in total. The Labute approximate surface area is 69.5 Å². The van der Waals surface area contributed by atoms with Gasteiger partial charge in [0.2, 0.25) is 0 Å².